The molecule has 4 aromatic heterocycles. The van der Waals surface area contributed by atoms with Crippen molar-refractivity contribution in [1.29, 1.82) is 0 Å². The minimum Gasteiger partial charge on any atom is -0.309 e. The summed E-state index contributed by atoms with van der Waals surface area (Å²) in [6.07, 6.45) is 0. The Bertz CT molecular complexity index is 6800. The quantitative estimate of drug-likeness (QED) is 0.144. The van der Waals surface area contributed by atoms with Crippen molar-refractivity contribution in [1.82, 2.24) is 23.7 Å². The lowest BCUT2D eigenvalue weighted by atomic mass is 9.81. The van der Waals surface area contributed by atoms with Crippen molar-refractivity contribution in [3.8, 4) is 118 Å². The highest BCUT2D eigenvalue weighted by Gasteiger charge is 2.38. The average molecular weight is 1380 g/mol. The van der Waals surface area contributed by atoms with Gasteiger partial charge in [0.2, 0.25) is 0 Å². The first-order valence-corrected chi connectivity index (χ1v) is 37.8. The zero-order chi connectivity index (χ0) is 72.1. The van der Waals surface area contributed by atoms with Crippen LogP contribution in [-0.2, 0) is 16.2 Å². The van der Waals surface area contributed by atoms with Crippen molar-refractivity contribution >= 4 is 65.4 Å². The molecule has 0 saturated heterocycles. The van der Waals surface area contributed by atoms with Crippen LogP contribution < -0.4 is 0 Å². The molecule has 4 heterocycles. The van der Waals surface area contributed by atoms with Crippen molar-refractivity contribution in [2.24, 2.45) is 0 Å². The van der Waals surface area contributed by atoms with Crippen LogP contribution in [0.1, 0.15) is 74.9 Å². The lowest BCUT2D eigenvalue weighted by Gasteiger charge is -2.22. The summed E-state index contributed by atoms with van der Waals surface area (Å²) in [5.41, 5.74) is 37.6. The van der Waals surface area contributed by atoms with E-state index in [4.69, 9.17) is 9.97 Å². The van der Waals surface area contributed by atoms with E-state index in [1.807, 2.05) is 0 Å². The maximum absolute atomic E-state index is 5.64. The number of para-hydroxylation sites is 3. The molecule has 108 heavy (non-hydrogen) atoms. The molecule has 0 unspecified atom stereocenters. The van der Waals surface area contributed by atoms with Gasteiger partial charge >= 0.3 is 0 Å². The van der Waals surface area contributed by atoms with Gasteiger partial charge in [0, 0.05) is 82.3 Å². The van der Waals surface area contributed by atoms with Gasteiger partial charge in [-0.05, 0) is 209 Å². The highest BCUT2D eigenvalue weighted by Crippen LogP contribution is 2.54. The van der Waals surface area contributed by atoms with Gasteiger partial charge < -0.3 is 13.7 Å². The molecule has 510 valence electrons. The van der Waals surface area contributed by atoms with E-state index in [0.717, 1.165) is 78.2 Å². The second kappa shape index (κ2) is 22.9. The van der Waals surface area contributed by atoms with Crippen LogP contribution in [-0.4, -0.2) is 23.7 Å². The second-order valence-electron chi connectivity index (χ2n) is 31.7. The Morgan fingerprint density at radius 2 is 0.491 bits per heavy atom. The summed E-state index contributed by atoms with van der Waals surface area (Å²) in [4.78, 5) is 11.3. The number of aromatic nitrogens is 5. The Balaban J connectivity index is 0.684. The summed E-state index contributed by atoms with van der Waals surface area (Å²) >= 11 is 0. The molecule has 0 radical (unpaired) electrons. The van der Waals surface area contributed by atoms with Gasteiger partial charge in [-0.25, -0.2) is 9.97 Å². The third kappa shape index (κ3) is 9.12. The predicted octanol–water partition coefficient (Wildman–Crippen LogP) is 26.7. The lowest BCUT2D eigenvalue weighted by molar-refractivity contribution is 0.660. The van der Waals surface area contributed by atoms with Crippen molar-refractivity contribution in [2.45, 2.75) is 57.8 Å². The number of nitrogens with zero attached hydrogens (tertiary/aromatic N) is 5. The highest BCUT2D eigenvalue weighted by molar-refractivity contribution is 6.13. The Hall–Kier alpha value is -13.2. The number of fused-ring (bicyclic) bond motifs is 18. The molecular formula is C103H73N5. The molecule has 3 aliphatic carbocycles. The molecule has 22 rings (SSSR count). The summed E-state index contributed by atoms with van der Waals surface area (Å²) in [5.74, 6) is 0.639. The van der Waals surface area contributed by atoms with E-state index in [0.29, 0.717) is 5.82 Å². The Morgan fingerprint density at radius 3 is 0.870 bits per heavy atom. The maximum atomic E-state index is 5.64. The van der Waals surface area contributed by atoms with Crippen LogP contribution in [0, 0.1) is 0 Å². The van der Waals surface area contributed by atoms with E-state index in [1.165, 1.54) is 132 Å². The Kier molecular flexibility index (Phi) is 13.2. The molecule has 0 N–H and O–H groups in total. The van der Waals surface area contributed by atoms with Gasteiger partial charge in [-0.1, -0.05) is 266 Å². The van der Waals surface area contributed by atoms with Crippen LogP contribution in [0.15, 0.2) is 334 Å². The minimum atomic E-state index is -0.114. The molecule has 0 fully saturated rings. The third-order valence-corrected chi connectivity index (χ3v) is 24.7. The molecule has 5 nitrogen and oxygen atoms in total. The summed E-state index contributed by atoms with van der Waals surface area (Å²) in [6, 6.07) is 124. The van der Waals surface area contributed by atoms with Crippen molar-refractivity contribution in [2.75, 3.05) is 0 Å². The summed E-state index contributed by atoms with van der Waals surface area (Å²) in [7, 11) is 0. The monoisotopic (exact) mass is 1380 g/mol. The topological polar surface area (TPSA) is 40.6 Å². The summed E-state index contributed by atoms with van der Waals surface area (Å²) in [6.45, 7) is 14.2. The van der Waals surface area contributed by atoms with Crippen LogP contribution >= 0.6 is 0 Å². The first-order valence-electron chi connectivity index (χ1n) is 37.8. The fourth-order valence-corrected chi connectivity index (χ4v) is 19.2. The predicted molar refractivity (Wildman–Crippen MR) is 450 cm³/mol. The smallest absolute Gasteiger partial charge is 0.160 e. The van der Waals surface area contributed by atoms with Crippen LogP contribution in [0.4, 0.5) is 0 Å². The number of rotatable bonds is 9. The summed E-state index contributed by atoms with van der Waals surface area (Å²) in [5, 5.41) is 7.25. The first kappa shape index (κ1) is 62.2. The van der Waals surface area contributed by atoms with E-state index in [9.17, 15) is 0 Å². The molecular weight excluding hydrogens is 1310 g/mol. The van der Waals surface area contributed by atoms with Gasteiger partial charge in [0.05, 0.1) is 44.5 Å². The molecule has 0 atom stereocenters. The molecule has 0 amide bonds. The van der Waals surface area contributed by atoms with Crippen LogP contribution in [0.5, 0.6) is 0 Å². The first-order chi connectivity index (χ1) is 52.8. The van der Waals surface area contributed by atoms with Crippen molar-refractivity contribution < 1.29 is 0 Å². The fraction of sp³-hybridized carbons (Fsp3) is 0.0874. The van der Waals surface area contributed by atoms with E-state index < -0.39 is 0 Å². The van der Waals surface area contributed by atoms with Crippen molar-refractivity contribution in [3.05, 3.63) is 367 Å². The van der Waals surface area contributed by atoms with Gasteiger partial charge in [0.25, 0.3) is 0 Å². The van der Waals surface area contributed by atoms with Gasteiger partial charge in [0.15, 0.2) is 5.82 Å². The largest absolute Gasteiger partial charge is 0.309 e. The number of hydrogen-bond donors (Lipinski definition) is 0. The molecule has 19 aromatic rings. The van der Waals surface area contributed by atoms with E-state index in [1.54, 1.807) is 0 Å². The highest BCUT2D eigenvalue weighted by atomic mass is 15.0. The molecule has 5 heteroatoms. The molecule has 0 bridgehead atoms. The SMILES string of the molecule is CC1(C)c2ccccc2-c2ccc(-c3ccc4c5ccccc5n(-c5ccc(-c6nc(-c7cccc(-n8c9ccccc9c9ccc(-c%10ccc%11c(c%10)C(C)(C)c%10ccccc%10-%11)cc98)c7)cc(-c7cccc(-n8c9ccccc9c9ccc(-c%10ccc%11c(c%10)C(C)(C)c%10ccccc%10-%11)cc98)c7)n6)cc5)c4c3)cc21. The molecule has 15 aromatic carbocycles. The van der Waals surface area contributed by atoms with Crippen LogP contribution in [0.2, 0.25) is 0 Å². The second-order valence-corrected chi connectivity index (χ2v) is 31.7. The van der Waals surface area contributed by atoms with Crippen LogP contribution in [0.3, 0.4) is 0 Å². The van der Waals surface area contributed by atoms with E-state index >= 15 is 0 Å². The Labute approximate surface area is 627 Å². The molecule has 0 spiro atoms. The standard InChI is InChI=1S/C103H73N5/c1-101(2)86-31-13-7-25-74(86)77-47-39-63(55-89(77)101)66-42-50-83-80-28-10-16-34-94(80)106(97(83)58-66)71-45-37-62(38-46-71)100-104-92(69-21-19-23-72(53-69)107-95-35-17-11-29-81(95)84-51-43-67(59-98(84)107)64-40-48-78-75-26-8-14-32-87(75)102(3,4)90(78)56-64)61-93(105-100)70-22-20-24-73(54-70)108-96-36-18-12-30-82(96)85-52-44-68(60-99(85)108)65-41-49-79-76-27-9-15-33-88(76)103(5,6)91(79)57-65/h7-61H,1-6H3. The summed E-state index contributed by atoms with van der Waals surface area (Å²) < 4.78 is 7.32. The van der Waals surface area contributed by atoms with Crippen molar-refractivity contribution in [3.63, 3.8) is 0 Å². The van der Waals surface area contributed by atoms with Gasteiger partial charge in [-0.15, -0.1) is 0 Å². The normalized spacial score (nSPS) is 14.1. The fourth-order valence-electron chi connectivity index (χ4n) is 19.2. The zero-order valence-corrected chi connectivity index (χ0v) is 61.0. The minimum absolute atomic E-state index is 0.106. The molecule has 3 aliphatic rings. The van der Waals surface area contributed by atoms with Crippen LogP contribution in [0.25, 0.3) is 183 Å². The average Bonchev–Trinajstić information content (AvgIpc) is 1.58. The number of benzene rings is 15. The molecule has 0 aliphatic heterocycles. The Morgan fingerprint density at radius 1 is 0.194 bits per heavy atom. The van der Waals surface area contributed by atoms with Gasteiger partial charge in [-0.2, -0.15) is 0 Å². The van der Waals surface area contributed by atoms with E-state index in [2.05, 4.69) is 389 Å². The third-order valence-electron chi connectivity index (χ3n) is 24.7. The maximum Gasteiger partial charge on any atom is 0.160 e. The van der Waals surface area contributed by atoms with E-state index in [-0.39, 0.29) is 16.2 Å². The van der Waals surface area contributed by atoms with Gasteiger partial charge in [0.1, 0.15) is 0 Å². The lowest BCUT2D eigenvalue weighted by Crippen LogP contribution is -2.14. The zero-order valence-electron chi connectivity index (χ0n) is 61.0. The van der Waals surface area contributed by atoms with Gasteiger partial charge in [-0.3, -0.25) is 0 Å². The number of hydrogen-bond acceptors (Lipinski definition) is 2. The molecule has 0 saturated carbocycles.